The Hall–Kier alpha value is -1.48. The van der Waals surface area contributed by atoms with Gasteiger partial charge in [-0.1, -0.05) is 38.8 Å². The number of ether oxygens (including phenoxy) is 2. The Bertz CT molecular complexity index is 767. The molecule has 3 heteroatoms. The molecular formula is C14H18O3. The first kappa shape index (κ1) is 4.65. The van der Waals surface area contributed by atoms with Crippen LogP contribution in [0, 0.1) is 5.41 Å². The van der Waals surface area contributed by atoms with E-state index in [1.165, 1.54) is 0 Å². The van der Waals surface area contributed by atoms with Crippen molar-refractivity contribution in [2.75, 3.05) is 6.79 Å². The summed E-state index contributed by atoms with van der Waals surface area (Å²) < 4.78 is 87.2. The van der Waals surface area contributed by atoms with E-state index < -0.39 is 55.0 Å². The predicted molar refractivity (Wildman–Crippen MR) is 67.1 cm³/mol. The normalized spacial score (nSPS) is 27.1. The van der Waals surface area contributed by atoms with Crippen LogP contribution < -0.4 is 9.47 Å². The lowest BCUT2D eigenvalue weighted by molar-refractivity contribution is 0.106. The molecule has 0 saturated carbocycles. The van der Waals surface area contributed by atoms with Crippen LogP contribution in [0.3, 0.4) is 0 Å². The van der Waals surface area contributed by atoms with Gasteiger partial charge in [0, 0.05) is 8.22 Å². The van der Waals surface area contributed by atoms with Gasteiger partial charge in [0.25, 0.3) is 0 Å². The Balaban J connectivity index is 2.60. The van der Waals surface area contributed by atoms with E-state index in [-0.39, 0.29) is 18.3 Å². The van der Waals surface area contributed by atoms with Crippen molar-refractivity contribution < 1.29 is 28.3 Å². The molecule has 1 aromatic rings. The highest BCUT2D eigenvalue weighted by Gasteiger charge is 2.19. The van der Waals surface area contributed by atoms with Crippen molar-refractivity contribution in [3.63, 3.8) is 0 Å². The average molecular weight is 244 g/mol. The van der Waals surface area contributed by atoms with Gasteiger partial charge < -0.3 is 14.6 Å². The van der Waals surface area contributed by atoms with Crippen molar-refractivity contribution in [3.05, 3.63) is 29.8 Å². The third-order valence-electron chi connectivity index (χ3n) is 2.13. The Morgan fingerprint density at radius 3 is 3.06 bits per heavy atom. The molecule has 1 aliphatic rings. The molecule has 1 aromatic carbocycles. The van der Waals surface area contributed by atoms with Gasteiger partial charge in [-0.25, -0.2) is 0 Å². The van der Waals surface area contributed by atoms with Crippen LogP contribution in [0.5, 0.6) is 11.5 Å². The minimum atomic E-state index is -3.09. The Kier molecular flexibility index (Phi) is 1.21. The van der Waals surface area contributed by atoms with Crippen molar-refractivity contribution in [1.82, 2.24) is 0 Å². The molecule has 1 atom stereocenters. The summed E-state index contributed by atoms with van der Waals surface area (Å²) in [4.78, 5) is 0. The topological polar surface area (TPSA) is 38.7 Å². The van der Waals surface area contributed by atoms with Gasteiger partial charge >= 0.3 is 0 Å². The lowest BCUT2D eigenvalue weighted by Crippen LogP contribution is -2.23. The molecule has 0 saturated heterocycles. The highest BCUT2D eigenvalue weighted by Crippen LogP contribution is 2.33. The largest absolute Gasteiger partial charge is 0.454 e. The zero-order valence-corrected chi connectivity index (χ0v) is 9.13. The van der Waals surface area contributed by atoms with Crippen LogP contribution in [0.2, 0.25) is 0 Å². The summed E-state index contributed by atoms with van der Waals surface area (Å²) in [5.74, 6) is -0.259. The summed E-state index contributed by atoms with van der Waals surface area (Å²) in [7, 11) is 0. The van der Waals surface area contributed by atoms with Gasteiger partial charge in [0.15, 0.2) is 11.5 Å². The smallest absolute Gasteiger partial charge is 0.231 e. The van der Waals surface area contributed by atoms with Crippen molar-refractivity contribution in [2.24, 2.45) is 5.41 Å². The molecule has 3 nitrogen and oxygen atoms in total. The van der Waals surface area contributed by atoms with Crippen LogP contribution in [-0.4, -0.2) is 18.0 Å². The van der Waals surface area contributed by atoms with Crippen molar-refractivity contribution in [1.29, 1.82) is 0 Å². The van der Waals surface area contributed by atoms with E-state index in [1.54, 1.807) is 0 Å². The minimum Gasteiger partial charge on any atom is -0.454 e. The molecule has 17 heavy (non-hydrogen) atoms. The summed E-state index contributed by atoms with van der Waals surface area (Å²) in [6.07, 6.45) is -1.45. The van der Waals surface area contributed by atoms with Crippen molar-refractivity contribution in [3.8, 4) is 11.5 Å². The Morgan fingerprint density at radius 1 is 1.53 bits per heavy atom. The molecule has 92 valence electrons. The van der Waals surface area contributed by atoms with Crippen LogP contribution in [-0.2, 0) is 0 Å². The maximum absolute atomic E-state index is 10.4. The maximum atomic E-state index is 10.4. The van der Waals surface area contributed by atoms with Crippen LogP contribution >= 0.6 is 0 Å². The Labute approximate surface area is 116 Å². The van der Waals surface area contributed by atoms with Gasteiger partial charge in [0.2, 0.25) is 6.79 Å². The summed E-state index contributed by atoms with van der Waals surface area (Å²) in [6, 6.07) is -2.09. The molecule has 1 N–H and O–H groups in total. The standard InChI is InChI=1S/C14H18O3/c1-14(2,3)13(15)7-5-10-4-6-11-12(8-10)17-9-16-11/h4-8,13,15H,9H2,1-3H3/b7-5+/i1D3,2D3,4D,5D,6D,8D. The quantitative estimate of drug-likeness (QED) is 0.869. The van der Waals surface area contributed by atoms with Gasteiger partial charge in [-0.05, 0) is 23.1 Å². The summed E-state index contributed by atoms with van der Waals surface area (Å²) in [6.45, 7) is -5.57. The van der Waals surface area contributed by atoms with Crippen LogP contribution in [0.25, 0.3) is 6.05 Å². The van der Waals surface area contributed by atoms with Gasteiger partial charge in [0.05, 0.1) is 11.6 Å². The fraction of sp³-hybridized carbons (Fsp3) is 0.429. The van der Waals surface area contributed by atoms with Crippen LogP contribution in [0.1, 0.15) is 39.9 Å². The monoisotopic (exact) mass is 244 g/mol. The molecule has 0 fully saturated rings. The summed E-state index contributed by atoms with van der Waals surface area (Å²) >= 11 is 0. The van der Waals surface area contributed by atoms with Gasteiger partial charge in [-0.15, -0.1) is 0 Å². The zero-order valence-electron chi connectivity index (χ0n) is 19.1. The molecule has 0 bridgehead atoms. The summed E-state index contributed by atoms with van der Waals surface area (Å²) in [5.41, 5.74) is -2.99. The lowest BCUT2D eigenvalue weighted by Gasteiger charge is -2.22. The first-order chi connectivity index (χ1) is 12.1. The minimum absolute atomic E-state index is 0.114. The number of aliphatic hydroxyl groups is 1. The SMILES string of the molecule is [2H]/C(=C\C(O)C(C)(C([2H])([2H])[2H])C([2H])([2H])[2H])c1c([2H])c([2H])c2c(c1[2H])OCO2. The first-order valence-electron chi connectivity index (χ1n) is 9.90. The second-order valence-corrected chi connectivity index (χ2v) is 3.77. The third kappa shape index (κ3) is 2.80. The zero-order chi connectivity index (χ0) is 20.9. The van der Waals surface area contributed by atoms with Crippen LogP contribution in [0.4, 0.5) is 0 Å². The van der Waals surface area contributed by atoms with E-state index in [0.29, 0.717) is 6.08 Å². The van der Waals surface area contributed by atoms with E-state index in [2.05, 4.69) is 0 Å². The summed E-state index contributed by atoms with van der Waals surface area (Å²) in [5, 5.41) is 10.4. The van der Waals surface area contributed by atoms with E-state index in [9.17, 15) is 5.11 Å². The highest BCUT2D eigenvalue weighted by atomic mass is 16.7. The lowest BCUT2D eigenvalue weighted by atomic mass is 9.89. The van der Waals surface area contributed by atoms with E-state index in [4.69, 9.17) is 23.2 Å². The fourth-order valence-corrected chi connectivity index (χ4v) is 1.13. The number of aliphatic hydroxyl groups excluding tert-OH is 1. The average Bonchev–Trinajstić information content (AvgIpc) is 2.99. The molecule has 1 aliphatic heterocycles. The van der Waals surface area contributed by atoms with E-state index >= 15 is 0 Å². The molecule has 2 rings (SSSR count). The number of hydrogen-bond acceptors (Lipinski definition) is 3. The molecule has 1 heterocycles. The number of benzene rings is 1. The predicted octanol–water partition coefficient (Wildman–Crippen LogP) is 2.84. The van der Waals surface area contributed by atoms with Gasteiger partial charge in [-0.3, -0.25) is 0 Å². The molecule has 0 spiro atoms. The number of fused-ring (bicyclic) bond motifs is 1. The second-order valence-electron chi connectivity index (χ2n) is 3.77. The Morgan fingerprint density at radius 2 is 2.29 bits per heavy atom. The van der Waals surface area contributed by atoms with E-state index in [0.717, 1.165) is 6.92 Å². The fourth-order valence-electron chi connectivity index (χ4n) is 1.13. The molecule has 1 unspecified atom stereocenters. The van der Waals surface area contributed by atoms with Gasteiger partial charge in [0.1, 0.15) is 0 Å². The first-order valence-corrected chi connectivity index (χ1v) is 4.90. The number of hydrogen-bond donors (Lipinski definition) is 1. The second kappa shape index (κ2) is 4.41. The van der Waals surface area contributed by atoms with Gasteiger partial charge in [-0.2, -0.15) is 0 Å². The maximum Gasteiger partial charge on any atom is 0.231 e. The third-order valence-corrected chi connectivity index (χ3v) is 2.13. The molecule has 0 radical (unpaired) electrons. The van der Waals surface area contributed by atoms with Crippen molar-refractivity contribution in [2.45, 2.75) is 26.7 Å². The van der Waals surface area contributed by atoms with E-state index in [1.807, 2.05) is 0 Å². The van der Waals surface area contributed by atoms with Crippen LogP contribution in [0.15, 0.2) is 24.2 Å². The molecular weight excluding hydrogens is 216 g/mol. The molecule has 0 amide bonds. The molecule has 0 aromatic heterocycles. The van der Waals surface area contributed by atoms with Crippen molar-refractivity contribution >= 4 is 6.05 Å². The number of rotatable bonds is 2. The molecule has 0 aliphatic carbocycles. The highest BCUT2D eigenvalue weighted by molar-refractivity contribution is 5.56.